The zero-order valence-corrected chi connectivity index (χ0v) is 11.7. The monoisotopic (exact) mass is 252 g/mol. The van der Waals surface area contributed by atoms with Crippen LogP contribution in [0.3, 0.4) is 0 Å². The Labute approximate surface area is 111 Å². The van der Waals surface area contributed by atoms with Crippen LogP contribution in [0.5, 0.6) is 0 Å². The van der Waals surface area contributed by atoms with Gasteiger partial charge in [-0.05, 0) is 57.4 Å². The van der Waals surface area contributed by atoms with E-state index in [1.807, 2.05) is 0 Å². The summed E-state index contributed by atoms with van der Waals surface area (Å²) in [5, 5.41) is 0. The fraction of sp³-hybridized carbons (Fsp3) is 1.00. The number of rotatable bonds is 2. The van der Waals surface area contributed by atoms with Gasteiger partial charge in [0.2, 0.25) is 0 Å². The van der Waals surface area contributed by atoms with Crippen LogP contribution in [-0.2, 0) is 4.74 Å². The van der Waals surface area contributed by atoms with Crippen molar-refractivity contribution in [1.29, 1.82) is 0 Å². The van der Waals surface area contributed by atoms with Crippen molar-refractivity contribution in [1.82, 2.24) is 4.90 Å². The molecule has 3 heteroatoms. The smallest absolute Gasteiger partial charge is 0.0697 e. The summed E-state index contributed by atoms with van der Waals surface area (Å²) < 4.78 is 6.06. The number of hydrogen-bond acceptors (Lipinski definition) is 3. The third kappa shape index (κ3) is 2.21. The van der Waals surface area contributed by atoms with Crippen LogP contribution < -0.4 is 5.73 Å². The molecule has 2 N–H and O–H groups in total. The molecular formula is C15H28N2O. The van der Waals surface area contributed by atoms with E-state index < -0.39 is 0 Å². The van der Waals surface area contributed by atoms with Gasteiger partial charge in [0, 0.05) is 25.2 Å². The number of piperidine rings is 1. The van der Waals surface area contributed by atoms with E-state index in [0.717, 1.165) is 25.1 Å². The minimum absolute atomic E-state index is 0.267. The molecule has 1 spiro atoms. The maximum atomic E-state index is 6.06. The van der Waals surface area contributed by atoms with Crippen LogP contribution in [0.15, 0.2) is 0 Å². The van der Waals surface area contributed by atoms with Gasteiger partial charge in [-0.1, -0.05) is 6.92 Å². The molecule has 2 aliphatic heterocycles. The molecule has 0 aromatic heterocycles. The number of hydrogen-bond donors (Lipinski definition) is 1. The van der Waals surface area contributed by atoms with Gasteiger partial charge < -0.3 is 10.5 Å². The van der Waals surface area contributed by atoms with Crippen molar-refractivity contribution in [3.05, 3.63) is 0 Å². The molecule has 0 aromatic rings. The van der Waals surface area contributed by atoms with Crippen molar-refractivity contribution in [3.8, 4) is 0 Å². The van der Waals surface area contributed by atoms with Gasteiger partial charge in [0.05, 0.1) is 5.60 Å². The summed E-state index contributed by atoms with van der Waals surface area (Å²) in [6.45, 7) is 5.42. The molecule has 0 radical (unpaired) electrons. The van der Waals surface area contributed by atoms with E-state index in [2.05, 4.69) is 11.8 Å². The van der Waals surface area contributed by atoms with Gasteiger partial charge in [0.25, 0.3) is 0 Å². The van der Waals surface area contributed by atoms with E-state index in [1.54, 1.807) is 0 Å². The van der Waals surface area contributed by atoms with Crippen LogP contribution in [0.25, 0.3) is 0 Å². The van der Waals surface area contributed by atoms with Gasteiger partial charge in [0.15, 0.2) is 0 Å². The van der Waals surface area contributed by atoms with E-state index in [1.165, 1.54) is 51.5 Å². The minimum Gasteiger partial charge on any atom is -0.375 e. The highest BCUT2D eigenvalue weighted by Gasteiger charge is 2.45. The van der Waals surface area contributed by atoms with Gasteiger partial charge >= 0.3 is 0 Å². The predicted octanol–water partition coefficient (Wildman–Crippen LogP) is 2.15. The Kier molecular flexibility index (Phi) is 3.65. The largest absolute Gasteiger partial charge is 0.375 e. The molecule has 1 saturated carbocycles. The maximum Gasteiger partial charge on any atom is 0.0697 e. The van der Waals surface area contributed by atoms with Crippen molar-refractivity contribution >= 4 is 0 Å². The zero-order chi connectivity index (χ0) is 12.6. The Balaban J connectivity index is 1.68. The first-order valence-electron chi connectivity index (χ1n) is 7.84. The van der Waals surface area contributed by atoms with E-state index in [9.17, 15) is 0 Å². The molecular weight excluding hydrogens is 224 g/mol. The van der Waals surface area contributed by atoms with Crippen molar-refractivity contribution in [2.75, 3.05) is 19.7 Å². The number of likely N-dealkylation sites (tertiary alicyclic amines) is 1. The molecule has 3 aliphatic rings. The van der Waals surface area contributed by atoms with Crippen molar-refractivity contribution in [3.63, 3.8) is 0 Å². The highest BCUT2D eigenvalue weighted by molar-refractivity contribution is 4.98. The van der Waals surface area contributed by atoms with Crippen LogP contribution in [0.1, 0.15) is 51.9 Å². The summed E-state index contributed by atoms with van der Waals surface area (Å²) >= 11 is 0. The Bertz CT molecular complexity index is 290. The Hall–Kier alpha value is -0.120. The summed E-state index contributed by atoms with van der Waals surface area (Å²) in [6.07, 6.45) is 9.12. The van der Waals surface area contributed by atoms with E-state index in [-0.39, 0.29) is 5.60 Å². The molecule has 0 bridgehead atoms. The number of ether oxygens (including phenoxy) is 1. The zero-order valence-electron chi connectivity index (χ0n) is 11.7. The molecule has 18 heavy (non-hydrogen) atoms. The molecule has 3 fully saturated rings. The SMILES string of the molecule is CC1CCCN(C2CCOC3(CCC3)C2)C1CN. The average molecular weight is 252 g/mol. The first-order chi connectivity index (χ1) is 8.74. The second-order valence-electron chi connectivity index (χ2n) is 6.69. The van der Waals surface area contributed by atoms with Gasteiger partial charge in [-0.3, -0.25) is 4.90 Å². The first kappa shape index (κ1) is 12.9. The summed E-state index contributed by atoms with van der Waals surface area (Å²) in [5.74, 6) is 0.768. The van der Waals surface area contributed by atoms with Crippen LogP contribution >= 0.6 is 0 Å². The fourth-order valence-electron chi connectivity index (χ4n) is 4.31. The van der Waals surface area contributed by atoms with Gasteiger partial charge in [-0.2, -0.15) is 0 Å². The molecule has 1 aliphatic carbocycles. The summed E-state index contributed by atoms with van der Waals surface area (Å²) in [5.41, 5.74) is 6.30. The van der Waals surface area contributed by atoms with Crippen molar-refractivity contribution < 1.29 is 4.74 Å². The lowest BCUT2D eigenvalue weighted by Crippen LogP contribution is -2.58. The van der Waals surface area contributed by atoms with Crippen LogP contribution in [0, 0.1) is 5.92 Å². The molecule has 2 saturated heterocycles. The second kappa shape index (κ2) is 5.10. The van der Waals surface area contributed by atoms with E-state index in [0.29, 0.717) is 6.04 Å². The number of nitrogens with two attached hydrogens (primary N) is 1. The molecule has 3 atom stereocenters. The Morgan fingerprint density at radius 2 is 2.11 bits per heavy atom. The first-order valence-corrected chi connectivity index (χ1v) is 7.84. The summed E-state index contributed by atoms with van der Waals surface area (Å²) in [6, 6.07) is 1.34. The predicted molar refractivity (Wildman–Crippen MR) is 73.5 cm³/mol. The third-order valence-corrected chi connectivity index (χ3v) is 5.60. The van der Waals surface area contributed by atoms with Gasteiger partial charge in [0.1, 0.15) is 0 Å². The lowest BCUT2D eigenvalue weighted by atomic mass is 9.73. The van der Waals surface area contributed by atoms with Crippen LogP contribution in [-0.4, -0.2) is 42.3 Å². The molecule has 2 heterocycles. The highest BCUT2D eigenvalue weighted by atomic mass is 16.5. The van der Waals surface area contributed by atoms with E-state index in [4.69, 9.17) is 10.5 Å². The highest BCUT2D eigenvalue weighted by Crippen LogP contribution is 2.44. The summed E-state index contributed by atoms with van der Waals surface area (Å²) in [7, 11) is 0. The van der Waals surface area contributed by atoms with Crippen molar-refractivity contribution in [2.45, 2.75) is 69.6 Å². The molecule has 3 unspecified atom stereocenters. The topological polar surface area (TPSA) is 38.5 Å². The average Bonchev–Trinajstić information content (AvgIpc) is 2.37. The van der Waals surface area contributed by atoms with Crippen molar-refractivity contribution in [2.24, 2.45) is 11.7 Å². The third-order valence-electron chi connectivity index (χ3n) is 5.60. The second-order valence-corrected chi connectivity index (χ2v) is 6.69. The van der Waals surface area contributed by atoms with E-state index >= 15 is 0 Å². The quantitative estimate of drug-likeness (QED) is 0.818. The molecule has 3 rings (SSSR count). The minimum atomic E-state index is 0.267. The molecule has 3 nitrogen and oxygen atoms in total. The normalized spacial score (nSPS) is 40.7. The Morgan fingerprint density at radius 3 is 2.78 bits per heavy atom. The molecule has 104 valence electrons. The molecule has 0 aromatic carbocycles. The van der Waals surface area contributed by atoms with Crippen LogP contribution in [0.4, 0.5) is 0 Å². The molecule has 0 amide bonds. The standard InChI is InChI=1S/C15H28N2O/c1-12-4-2-8-17(14(12)11-16)13-5-9-18-15(10-13)6-3-7-15/h12-14H,2-11,16H2,1H3. The van der Waals surface area contributed by atoms with Crippen LogP contribution in [0.2, 0.25) is 0 Å². The fourth-order valence-corrected chi connectivity index (χ4v) is 4.31. The van der Waals surface area contributed by atoms with Gasteiger partial charge in [-0.15, -0.1) is 0 Å². The number of nitrogens with zero attached hydrogens (tertiary/aromatic N) is 1. The van der Waals surface area contributed by atoms with Gasteiger partial charge in [-0.25, -0.2) is 0 Å². The maximum absolute atomic E-state index is 6.06. The summed E-state index contributed by atoms with van der Waals surface area (Å²) in [4.78, 5) is 2.73. The lowest BCUT2D eigenvalue weighted by Gasteiger charge is -2.52. The Morgan fingerprint density at radius 1 is 1.28 bits per heavy atom. The lowest BCUT2D eigenvalue weighted by molar-refractivity contribution is -0.155.